The fraction of sp³-hybridized carbons (Fsp3) is 0.471. The zero-order valence-corrected chi connectivity index (χ0v) is 14.5. The Kier molecular flexibility index (Phi) is 3.88. The quantitative estimate of drug-likeness (QED) is 0.908. The minimum Gasteiger partial charge on any atom is -0.337 e. The van der Waals surface area contributed by atoms with E-state index in [1.54, 1.807) is 0 Å². The molecule has 0 bridgehead atoms. The van der Waals surface area contributed by atoms with E-state index in [0.717, 1.165) is 47.6 Å². The number of aryl methyl sites for hydroxylation is 1. The van der Waals surface area contributed by atoms with Crippen LogP contribution in [0, 0.1) is 6.92 Å². The summed E-state index contributed by atoms with van der Waals surface area (Å²) >= 11 is 1.48. The first kappa shape index (κ1) is 15.4. The number of carbonyl (C=O) groups excluding carboxylic acids is 2. The van der Waals surface area contributed by atoms with Crippen LogP contribution in [0.5, 0.6) is 0 Å². The summed E-state index contributed by atoms with van der Waals surface area (Å²) in [6.45, 7) is 4.67. The van der Waals surface area contributed by atoms with Crippen LogP contribution in [0.4, 0.5) is 0 Å². The molecule has 4 rings (SSSR count). The largest absolute Gasteiger partial charge is 0.337 e. The molecule has 0 saturated carbocycles. The first-order chi connectivity index (χ1) is 11.6. The lowest BCUT2D eigenvalue weighted by molar-refractivity contribution is 0.0726. The number of nitrogens with zero attached hydrogens (tertiary/aromatic N) is 3. The Morgan fingerprint density at radius 1 is 1.17 bits per heavy atom. The highest BCUT2D eigenvalue weighted by atomic mass is 32.1. The van der Waals surface area contributed by atoms with Crippen LogP contribution >= 0.6 is 11.3 Å². The van der Waals surface area contributed by atoms with Crippen LogP contribution in [0.1, 0.15) is 49.8 Å². The fourth-order valence-corrected chi connectivity index (χ4v) is 4.34. The molecule has 0 atom stereocenters. The number of rotatable bonds is 2. The van der Waals surface area contributed by atoms with Gasteiger partial charge >= 0.3 is 0 Å². The third-order valence-corrected chi connectivity index (χ3v) is 5.88. The van der Waals surface area contributed by atoms with E-state index in [2.05, 4.69) is 10.2 Å². The van der Waals surface area contributed by atoms with Crippen molar-refractivity contribution in [1.29, 1.82) is 0 Å². The highest BCUT2D eigenvalue weighted by Gasteiger charge is 2.31. The summed E-state index contributed by atoms with van der Waals surface area (Å²) < 4.78 is 0. The van der Waals surface area contributed by atoms with Crippen LogP contribution in [0.2, 0.25) is 0 Å². The van der Waals surface area contributed by atoms with Crippen LogP contribution in [0.3, 0.4) is 0 Å². The SMILES string of the molecule is Cc1ccsc1C(=O)N1CCc2[nH]nc(C(=O)N3CCCC3)c2C1. The zero-order valence-electron chi connectivity index (χ0n) is 13.7. The Bertz CT molecular complexity index is 788. The van der Waals surface area contributed by atoms with Gasteiger partial charge in [-0.1, -0.05) is 0 Å². The van der Waals surface area contributed by atoms with E-state index in [1.807, 2.05) is 28.2 Å². The number of fused-ring (bicyclic) bond motifs is 1. The van der Waals surface area contributed by atoms with Crippen molar-refractivity contribution in [3.05, 3.63) is 38.8 Å². The topological polar surface area (TPSA) is 69.3 Å². The average Bonchev–Trinajstić information content (AvgIpc) is 3.33. The standard InChI is InChI=1S/C17H20N4O2S/c1-11-5-9-24-15(11)17(23)21-8-4-13-12(10-21)14(19-18-13)16(22)20-6-2-3-7-20/h5,9H,2-4,6-8,10H2,1H3,(H,18,19). The Balaban J connectivity index is 1.58. The van der Waals surface area contributed by atoms with Crippen LogP contribution < -0.4 is 0 Å². The minimum atomic E-state index is -0.00777. The van der Waals surface area contributed by atoms with Gasteiger partial charge in [-0.3, -0.25) is 14.7 Å². The molecule has 2 aliphatic heterocycles. The average molecular weight is 344 g/mol. The first-order valence-corrected chi connectivity index (χ1v) is 9.22. The predicted octanol–water partition coefficient (Wildman–Crippen LogP) is 2.21. The third kappa shape index (κ3) is 2.53. The Hall–Kier alpha value is -2.15. The number of likely N-dealkylation sites (tertiary alicyclic amines) is 1. The van der Waals surface area contributed by atoms with Gasteiger partial charge in [-0.2, -0.15) is 5.10 Å². The second kappa shape index (κ2) is 6.05. The molecule has 1 fully saturated rings. The molecule has 2 amide bonds. The van der Waals surface area contributed by atoms with Crippen molar-refractivity contribution >= 4 is 23.2 Å². The summed E-state index contributed by atoms with van der Waals surface area (Å²) in [5.41, 5.74) is 3.38. The van der Waals surface area contributed by atoms with Crippen molar-refractivity contribution in [1.82, 2.24) is 20.0 Å². The number of nitrogens with one attached hydrogen (secondary N) is 1. The van der Waals surface area contributed by atoms with Crippen molar-refractivity contribution in [2.45, 2.75) is 32.7 Å². The van der Waals surface area contributed by atoms with Crippen molar-refractivity contribution in [2.75, 3.05) is 19.6 Å². The number of carbonyl (C=O) groups is 2. The molecule has 6 nitrogen and oxygen atoms in total. The van der Waals surface area contributed by atoms with Gasteiger partial charge in [0.25, 0.3) is 11.8 Å². The number of aromatic nitrogens is 2. The molecule has 2 aromatic heterocycles. The zero-order chi connectivity index (χ0) is 16.7. The third-order valence-electron chi connectivity index (χ3n) is 4.87. The summed E-state index contributed by atoms with van der Waals surface area (Å²) in [4.78, 5) is 29.9. The van der Waals surface area contributed by atoms with Gasteiger partial charge in [0, 0.05) is 37.3 Å². The number of aromatic amines is 1. The summed E-state index contributed by atoms with van der Waals surface area (Å²) in [6.07, 6.45) is 2.83. The molecule has 0 spiro atoms. The Morgan fingerprint density at radius 2 is 1.96 bits per heavy atom. The first-order valence-electron chi connectivity index (χ1n) is 8.34. The molecule has 2 aromatic rings. The van der Waals surface area contributed by atoms with E-state index in [4.69, 9.17) is 0 Å². The van der Waals surface area contributed by atoms with Crippen LogP contribution in [0.25, 0.3) is 0 Å². The normalized spacial score (nSPS) is 17.2. The summed E-state index contributed by atoms with van der Waals surface area (Å²) in [6, 6.07) is 1.97. The monoisotopic (exact) mass is 344 g/mol. The van der Waals surface area contributed by atoms with Crippen molar-refractivity contribution < 1.29 is 9.59 Å². The number of hydrogen-bond acceptors (Lipinski definition) is 4. The van der Waals surface area contributed by atoms with Gasteiger partial charge in [-0.15, -0.1) is 11.3 Å². The molecule has 0 aromatic carbocycles. The fourth-order valence-electron chi connectivity index (χ4n) is 3.45. The second-order valence-corrected chi connectivity index (χ2v) is 7.35. The maximum Gasteiger partial charge on any atom is 0.274 e. The molecule has 2 aliphatic rings. The van der Waals surface area contributed by atoms with E-state index in [-0.39, 0.29) is 11.8 Å². The van der Waals surface area contributed by atoms with Crippen molar-refractivity contribution in [3.63, 3.8) is 0 Å². The van der Waals surface area contributed by atoms with E-state index >= 15 is 0 Å². The Labute approximate surface area is 144 Å². The molecular formula is C17H20N4O2S. The van der Waals surface area contributed by atoms with E-state index < -0.39 is 0 Å². The number of amides is 2. The van der Waals surface area contributed by atoms with Gasteiger partial charge in [0.05, 0.1) is 11.4 Å². The van der Waals surface area contributed by atoms with Crippen LogP contribution in [0.15, 0.2) is 11.4 Å². The Morgan fingerprint density at radius 3 is 2.67 bits per heavy atom. The van der Waals surface area contributed by atoms with E-state index in [1.165, 1.54) is 11.3 Å². The molecule has 7 heteroatoms. The molecule has 0 radical (unpaired) electrons. The summed E-state index contributed by atoms with van der Waals surface area (Å²) in [5, 5.41) is 9.21. The van der Waals surface area contributed by atoms with Gasteiger partial charge in [-0.25, -0.2) is 0 Å². The molecule has 24 heavy (non-hydrogen) atoms. The maximum atomic E-state index is 12.8. The van der Waals surface area contributed by atoms with E-state index in [0.29, 0.717) is 25.2 Å². The van der Waals surface area contributed by atoms with Gasteiger partial charge < -0.3 is 9.80 Å². The van der Waals surface area contributed by atoms with Crippen molar-refractivity contribution in [3.8, 4) is 0 Å². The number of hydrogen-bond donors (Lipinski definition) is 1. The number of thiophene rings is 1. The summed E-state index contributed by atoms with van der Waals surface area (Å²) in [7, 11) is 0. The molecule has 4 heterocycles. The molecule has 1 saturated heterocycles. The molecular weight excluding hydrogens is 324 g/mol. The van der Waals surface area contributed by atoms with Crippen LogP contribution in [-0.2, 0) is 13.0 Å². The van der Waals surface area contributed by atoms with Crippen LogP contribution in [-0.4, -0.2) is 51.4 Å². The minimum absolute atomic E-state index is 0.00777. The summed E-state index contributed by atoms with van der Waals surface area (Å²) in [5.74, 6) is 0.0422. The van der Waals surface area contributed by atoms with Crippen molar-refractivity contribution in [2.24, 2.45) is 0 Å². The lowest BCUT2D eigenvalue weighted by Crippen LogP contribution is -2.37. The molecule has 126 valence electrons. The van der Waals surface area contributed by atoms with Gasteiger partial charge in [-0.05, 0) is 36.8 Å². The smallest absolute Gasteiger partial charge is 0.274 e. The lowest BCUT2D eigenvalue weighted by Gasteiger charge is -2.27. The molecule has 0 aliphatic carbocycles. The molecule has 1 N–H and O–H groups in total. The van der Waals surface area contributed by atoms with E-state index in [9.17, 15) is 9.59 Å². The maximum absolute atomic E-state index is 12.8. The van der Waals surface area contributed by atoms with Gasteiger partial charge in [0.15, 0.2) is 5.69 Å². The number of H-pyrrole nitrogens is 1. The molecule has 0 unspecified atom stereocenters. The second-order valence-electron chi connectivity index (χ2n) is 6.44. The van der Waals surface area contributed by atoms with Gasteiger partial charge in [0.2, 0.25) is 0 Å². The highest BCUT2D eigenvalue weighted by molar-refractivity contribution is 7.12. The lowest BCUT2D eigenvalue weighted by atomic mass is 10.0. The highest BCUT2D eigenvalue weighted by Crippen LogP contribution is 2.26. The predicted molar refractivity (Wildman–Crippen MR) is 91.2 cm³/mol. The van der Waals surface area contributed by atoms with Gasteiger partial charge in [0.1, 0.15) is 0 Å².